The van der Waals surface area contributed by atoms with E-state index in [0.717, 1.165) is 0 Å². The van der Waals surface area contributed by atoms with Crippen LogP contribution < -0.4 is 0 Å². The molecule has 1 aliphatic heterocycles. The number of esters is 1. The van der Waals surface area contributed by atoms with Gasteiger partial charge in [-0.05, 0) is 0 Å². The van der Waals surface area contributed by atoms with Crippen LogP contribution in [0.4, 0.5) is 0 Å². The number of aliphatic hydroxyl groups excluding tert-OH is 3. The van der Waals surface area contributed by atoms with Crippen molar-refractivity contribution in [3.63, 3.8) is 0 Å². The molecule has 6 nitrogen and oxygen atoms in total. The Kier molecular flexibility index (Phi) is 2.74. The van der Waals surface area contributed by atoms with Crippen molar-refractivity contribution >= 4 is 5.97 Å². The van der Waals surface area contributed by atoms with Gasteiger partial charge in [0.05, 0.1) is 13.7 Å². The van der Waals surface area contributed by atoms with E-state index in [0.29, 0.717) is 0 Å². The molecule has 0 amide bonds. The SMILES string of the molecule is COC1=C(O)C(=O)OC1[C@@H](O)CO. The Hall–Kier alpha value is -1.27. The molecule has 0 bridgehead atoms. The minimum absolute atomic E-state index is 0.161. The van der Waals surface area contributed by atoms with Gasteiger partial charge in [0.15, 0.2) is 11.9 Å². The summed E-state index contributed by atoms with van der Waals surface area (Å²) in [7, 11) is 1.23. The molecule has 1 unspecified atom stereocenters. The number of hydrogen-bond acceptors (Lipinski definition) is 6. The third-order valence-electron chi connectivity index (χ3n) is 1.68. The number of hydrogen-bond donors (Lipinski definition) is 3. The van der Waals surface area contributed by atoms with Gasteiger partial charge in [-0.1, -0.05) is 0 Å². The second-order valence-electron chi connectivity index (χ2n) is 2.49. The maximum atomic E-state index is 10.8. The van der Waals surface area contributed by atoms with Gasteiger partial charge in [-0.15, -0.1) is 0 Å². The molecule has 0 radical (unpaired) electrons. The average molecular weight is 190 g/mol. The van der Waals surface area contributed by atoms with Crippen molar-refractivity contribution in [2.45, 2.75) is 12.2 Å². The Morgan fingerprint density at radius 2 is 2.31 bits per heavy atom. The predicted molar refractivity (Wildman–Crippen MR) is 39.6 cm³/mol. The third kappa shape index (κ3) is 1.58. The molecule has 0 aromatic carbocycles. The number of aliphatic hydroxyl groups is 3. The highest BCUT2D eigenvalue weighted by molar-refractivity contribution is 5.89. The van der Waals surface area contributed by atoms with Crippen molar-refractivity contribution in [3.05, 3.63) is 11.5 Å². The second kappa shape index (κ2) is 3.63. The summed E-state index contributed by atoms with van der Waals surface area (Å²) in [5.74, 6) is -1.79. The van der Waals surface area contributed by atoms with Crippen LogP contribution in [0.25, 0.3) is 0 Å². The number of carbonyl (C=O) groups is 1. The summed E-state index contributed by atoms with van der Waals surface area (Å²) in [5.41, 5.74) is 0. The van der Waals surface area contributed by atoms with Gasteiger partial charge in [-0.2, -0.15) is 0 Å². The summed E-state index contributed by atoms with van der Waals surface area (Å²) < 4.78 is 9.17. The van der Waals surface area contributed by atoms with E-state index < -0.39 is 30.5 Å². The summed E-state index contributed by atoms with van der Waals surface area (Å²) in [6, 6.07) is 0. The number of cyclic esters (lactones) is 1. The molecule has 0 fully saturated rings. The molecule has 1 rings (SSSR count). The quantitative estimate of drug-likeness (QED) is 0.478. The second-order valence-corrected chi connectivity index (χ2v) is 2.49. The molecule has 0 aromatic heterocycles. The summed E-state index contributed by atoms with van der Waals surface area (Å²) in [4.78, 5) is 10.8. The van der Waals surface area contributed by atoms with Gasteiger partial charge in [-0.25, -0.2) is 4.79 Å². The first-order valence-electron chi connectivity index (χ1n) is 3.58. The number of rotatable bonds is 3. The summed E-state index contributed by atoms with van der Waals surface area (Å²) in [6.45, 7) is -0.585. The van der Waals surface area contributed by atoms with Crippen molar-refractivity contribution in [1.82, 2.24) is 0 Å². The van der Waals surface area contributed by atoms with E-state index in [4.69, 9.17) is 15.3 Å². The lowest BCUT2D eigenvalue weighted by molar-refractivity contribution is -0.147. The number of methoxy groups -OCH3 is 1. The van der Waals surface area contributed by atoms with Crippen LogP contribution in [-0.2, 0) is 14.3 Å². The fourth-order valence-electron chi connectivity index (χ4n) is 1.02. The lowest BCUT2D eigenvalue weighted by atomic mass is 10.2. The Labute approximate surface area is 74.0 Å². The summed E-state index contributed by atoms with van der Waals surface area (Å²) in [6.07, 6.45) is -2.41. The van der Waals surface area contributed by atoms with Gasteiger partial charge < -0.3 is 24.8 Å². The first kappa shape index (κ1) is 9.82. The van der Waals surface area contributed by atoms with Gasteiger partial charge in [0, 0.05) is 0 Å². The van der Waals surface area contributed by atoms with Crippen molar-refractivity contribution in [1.29, 1.82) is 0 Å². The van der Waals surface area contributed by atoms with Crippen molar-refractivity contribution in [2.24, 2.45) is 0 Å². The van der Waals surface area contributed by atoms with Crippen LogP contribution in [0.1, 0.15) is 0 Å². The van der Waals surface area contributed by atoms with Crippen LogP contribution in [0.2, 0.25) is 0 Å². The predicted octanol–water partition coefficient (Wildman–Crippen LogP) is -1.32. The highest BCUT2D eigenvalue weighted by Gasteiger charge is 2.39. The molecule has 2 atom stereocenters. The van der Waals surface area contributed by atoms with E-state index in [2.05, 4.69) is 9.47 Å². The van der Waals surface area contributed by atoms with Gasteiger partial charge in [0.1, 0.15) is 6.10 Å². The van der Waals surface area contributed by atoms with Crippen LogP contribution in [0, 0.1) is 0 Å². The van der Waals surface area contributed by atoms with E-state index >= 15 is 0 Å². The smallest absolute Gasteiger partial charge is 0.378 e. The number of carbonyl (C=O) groups excluding carboxylic acids is 1. The first-order chi connectivity index (χ1) is 6.11. The first-order valence-corrected chi connectivity index (χ1v) is 3.58. The van der Waals surface area contributed by atoms with Crippen LogP contribution in [0.15, 0.2) is 11.5 Å². The Morgan fingerprint density at radius 1 is 1.69 bits per heavy atom. The summed E-state index contributed by atoms with van der Waals surface area (Å²) >= 11 is 0. The zero-order valence-electron chi connectivity index (χ0n) is 6.93. The topological polar surface area (TPSA) is 96.2 Å². The van der Waals surface area contributed by atoms with Crippen LogP contribution in [0.3, 0.4) is 0 Å². The number of ether oxygens (including phenoxy) is 2. The monoisotopic (exact) mass is 190 g/mol. The Balaban J connectivity index is 2.86. The van der Waals surface area contributed by atoms with Crippen molar-refractivity contribution in [3.8, 4) is 0 Å². The standard InChI is InChI=1S/C7H10O6/c1-12-6-4(10)7(11)13-5(6)3(9)2-8/h3,5,8-10H,2H2,1H3/t3-,5?/m0/s1. The Bertz CT molecular complexity index is 245. The highest BCUT2D eigenvalue weighted by Crippen LogP contribution is 2.23. The molecule has 1 aliphatic rings. The lowest BCUT2D eigenvalue weighted by Crippen LogP contribution is -2.32. The van der Waals surface area contributed by atoms with E-state index in [1.54, 1.807) is 0 Å². The maximum Gasteiger partial charge on any atom is 0.378 e. The largest absolute Gasteiger partial charge is 0.499 e. The zero-order chi connectivity index (χ0) is 10.0. The van der Waals surface area contributed by atoms with E-state index in [-0.39, 0.29) is 5.76 Å². The lowest BCUT2D eigenvalue weighted by Gasteiger charge is -2.16. The molecule has 6 heteroatoms. The molecule has 1 heterocycles. The molecular weight excluding hydrogens is 180 g/mol. The maximum absolute atomic E-state index is 10.8. The average Bonchev–Trinajstić information content (AvgIpc) is 2.42. The molecule has 0 saturated heterocycles. The van der Waals surface area contributed by atoms with Crippen LogP contribution >= 0.6 is 0 Å². The van der Waals surface area contributed by atoms with Crippen molar-refractivity contribution in [2.75, 3.05) is 13.7 Å². The minimum Gasteiger partial charge on any atom is -0.499 e. The van der Waals surface area contributed by atoms with E-state index in [9.17, 15) is 4.79 Å². The van der Waals surface area contributed by atoms with E-state index in [1.165, 1.54) is 7.11 Å². The van der Waals surface area contributed by atoms with Crippen LogP contribution in [0.5, 0.6) is 0 Å². The fourth-order valence-corrected chi connectivity index (χ4v) is 1.02. The minimum atomic E-state index is -1.29. The molecule has 0 aliphatic carbocycles. The van der Waals surface area contributed by atoms with Gasteiger partial charge in [0.2, 0.25) is 5.76 Å². The van der Waals surface area contributed by atoms with Crippen LogP contribution in [-0.4, -0.2) is 47.2 Å². The fraction of sp³-hybridized carbons (Fsp3) is 0.571. The molecular formula is C7H10O6. The van der Waals surface area contributed by atoms with Gasteiger partial charge in [0.25, 0.3) is 0 Å². The molecule has 0 aromatic rings. The molecule has 0 saturated carbocycles. The highest BCUT2D eigenvalue weighted by atomic mass is 16.6. The molecule has 3 N–H and O–H groups in total. The Morgan fingerprint density at radius 3 is 2.77 bits per heavy atom. The molecule has 74 valence electrons. The molecule has 13 heavy (non-hydrogen) atoms. The zero-order valence-corrected chi connectivity index (χ0v) is 6.93. The van der Waals surface area contributed by atoms with E-state index in [1.807, 2.05) is 0 Å². The summed E-state index contributed by atoms with van der Waals surface area (Å²) in [5, 5.41) is 26.8. The van der Waals surface area contributed by atoms with Gasteiger partial charge >= 0.3 is 5.97 Å². The normalized spacial score (nSPS) is 24.5. The van der Waals surface area contributed by atoms with Gasteiger partial charge in [-0.3, -0.25) is 0 Å². The van der Waals surface area contributed by atoms with Crippen molar-refractivity contribution < 1.29 is 29.6 Å². The third-order valence-corrected chi connectivity index (χ3v) is 1.68. The molecule has 0 spiro atoms.